The molecule has 1 amide bonds. The number of carbonyl (C=O) groups is 1. The van der Waals surface area contributed by atoms with Crippen molar-refractivity contribution in [1.29, 1.82) is 0 Å². The fourth-order valence-corrected chi connectivity index (χ4v) is 4.11. The summed E-state index contributed by atoms with van der Waals surface area (Å²) >= 11 is 0. The van der Waals surface area contributed by atoms with Crippen molar-refractivity contribution in [1.82, 2.24) is 10.3 Å². The van der Waals surface area contributed by atoms with E-state index in [0.717, 1.165) is 11.9 Å². The van der Waals surface area contributed by atoms with Gasteiger partial charge in [0.25, 0.3) is 0 Å². The quantitative estimate of drug-likeness (QED) is 0.488. The van der Waals surface area contributed by atoms with Crippen LogP contribution in [0.3, 0.4) is 0 Å². The van der Waals surface area contributed by atoms with Gasteiger partial charge in [0.15, 0.2) is 0 Å². The number of amides is 1. The SMILES string of the molecule is C[C@@H](NC(=O)C[C@H]1C[C@H]1c1c[nH]c2ccccc12)c1cc2cc(F)ccc2o1. The number of aromatic nitrogens is 1. The summed E-state index contributed by atoms with van der Waals surface area (Å²) in [5.41, 5.74) is 3.07. The van der Waals surface area contributed by atoms with E-state index in [4.69, 9.17) is 4.42 Å². The minimum absolute atomic E-state index is 0.0199. The number of carbonyl (C=O) groups excluding carboxylic acids is 1. The topological polar surface area (TPSA) is 58.0 Å². The van der Waals surface area contributed by atoms with Crippen molar-refractivity contribution in [2.24, 2.45) is 5.92 Å². The average Bonchev–Trinajstić information content (AvgIpc) is 3.12. The fraction of sp³-hybridized carbons (Fsp3) is 0.261. The highest BCUT2D eigenvalue weighted by Gasteiger charge is 2.41. The number of aromatic amines is 1. The summed E-state index contributed by atoms with van der Waals surface area (Å²) in [5, 5.41) is 4.97. The van der Waals surface area contributed by atoms with Crippen molar-refractivity contribution in [2.45, 2.75) is 31.7 Å². The predicted octanol–water partition coefficient (Wildman–Crippen LogP) is 5.42. The van der Waals surface area contributed by atoms with E-state index in [1.54, 1.807) is 12.1 Å². The minimum Gasteiger partial charge on any atom is -0.459 e. The van der Waals surface area contributed by atoms with Crippen molar-refractivity contribution in [3.63, 3.8) is 0 Å². The molecule has 2 aromatic carbocycles. The number of H-pyrrole nitrogens is 1. The number of para-hydroxylation sites is 1. The Morgan fingerprint density at radius 1 is 1.29 bits per heavy atom. The van der Waals surface area contributed by atoms with Gasteiger partial charge in [-0.05, 0) is 61.1 Å². The first kappa shape index (κ1) is 17.0. The summed E-state index contributed by atoms with van der Waals surface area (Å²) in [4.78, 5) is 15.8. The van der Waals surface area contributed by atoms with Gasteiger partial charge in [-0.2, -0.15) is 0 Å². The van der Waals surface area contributed by atoms with Crippen LogP contribution in [0.5, 0.6) is 0 Å². The molecule has 28 heavy (non-hydrogen) atoms. The molecule has 3 atom stereocenters. The molecule has 0 saturated heterocycles. The van der Waals surface area contributed by atoms with Crippen LogP contribution in [-0.4, -0.2) is 10.9 Å². The molecule has 1 saturated carbocycles. The molecule has 1 aliphatic rings. The van der Waals surface area contributed by atoms with Gasteiger partial charge < -0.3 is 14.7 Å². The molecule has 1 fully saturated rings. The summed E-state index contributed by atoms with van der Waals surface area (Å²) in [6, 6.07) is 14.2. The minimum atomic E-state index is -0.298. The maximum Gasteiger partial charge on any atom is 0.220 e. The largest absolute Gasteiger partial charge is 0.459 e. The first-order valence-electron chi connectivity index (χ1n) is 9.63. The van der Waals surface area contributed by atoms with Crippen LogP contribution in [0.2, 0.25) is 0 Å². The highest BCUT2D eigenvalue weighted by molar-refractivity contribution is 5.84. The predicted molar refractivity (Wildman–Crippen MR) is 106 cm³/mol. The second-order valence-electron chi connectivity index (χ2n) is 7.72. The number of rotatable bonds is 5. The number of nitrogens with one attached hydrogen (secondary N) is 2. The van der Waals surface area contributed by atoms with E-state index < -0.39 is 0 Å². The third-order valence-corrected chi connectivity index (χ3v) is 5.69. The van der Waals surface area contributed by atoms with Crippen molar-refractivity contribution in [3.05, 3.63) is 71.9 Å². The monoisotopic (exact) mass is 376 g/mol. The lowest BCUT2D eigenvalue weighted by atomic mass is 10.1. The van der Waals surface area contributed by atoms with E-state index >= 15 is 0 Å². The van der Waals surface area contributed by atoms with Gasteiger partial charge in [0.2, 0.25) is 5.91 Å². The molecule has 4 nitrogen and oxygen atoms in total. The van der Waals surface area contributed by atoms with Crippen LogP contribution >= 0.6 is 0 Å². The number of hydrogen-bond donors (Lipinski definition) is 2. The number of fused-ring (bicyclic) bond motifs is 2. The number of hydrogen-bond acceptors (Lipinski definition) is 2. The van der Waals surface area contributed by atoms with Crippen LogP contribution in [0.15, 0.2) is 59.1 Å². The van der Waals surface area contributed by atoms with Crippen molar-refractivity contribution >= 4 is 27.8 Å². The van der Waals surface area contributed by atoms with Gasteiger partial charge >= 0.3 is 0 Å². The molecule has 4 aromatic rings. The molecule has 2 N–H and O–H groups in total. The van der Waals surface area contributed by atoms with Gasteiger partial charge in [0, 0.05) is 28.9 Å². The summed E-state index contributed by atoms with van der Waals surface area (Å²) in [6.45, 7) is 1.88. The van der Waals surface area contributed by atoms with Crippen LogP contribution in [0, 0.1) is 11.7 Å². The van der Waals surface area contributed by atoms with E-state index in [1.807, 2.05) is 19.1 Å². The van der Waals surface area contributed by atoms with E-state index in [-0.39, 0.29) is 17.8 Å². The highest BCUT2D eigenvalue weighted by Crippen LogP contribution is 2.51. The van der Waals surface area contributed by atoms with Crippen LogP contribution in [0.1, 0.15) is 43.0 Å². The molecule has 1 aliphatic carbocycles. The Bertz CT molecular complexity index is 1180. The molecule has 2 heterocycles. The summed E-state index contributed by atoms with van der Waals surface area (Å²) in [5.74, 6) is 1.17. The maximum absolute atomic E-state index is 13.3. The van der Waals surface area contributed by atoms with E-state index in [9.17, 15) is 9.18 Å². The van der Waals surface area contributed by atoms with E-state index in [1.165, 1.54) is 23.1 Å². The van der Waals surface area contributed by atoms with Crippen LogP contribution in [0.4, 0.5) is 4.39 Å². The van der Waals surface area contributed by atoms with Gasteiger partial charge in [-0.1, -0.05) is 18.2 Å². The van der Waals surface area contributed by atoms with Crippen LogP contribution < -0.4 is 5.32 Å². The highest BCUT2D eigenvalue weighted by atomic mass is 19.1. The Morgan fingerprint density at radius 2 is 2.14 bits per heavy atom. The maximum atomic E-state index is 13.3. The number of halogens is 1. The van der Waals surface area contributed by atoms with Crippen LogP contribution in [-0.2, 0) is 4.79 Å². The molecule has 0 spiro atoms. The average molecular weight is 376 g/mol. The lowest BCUT2D eigenvalue weighted by molar-refractivity contribution is -0.122. The van der Waals surface area contributed by atoms with Gasteiger partial charge in [-0.25, -0.2) is 4.39 Å². The fourth-order valence-electron chi connectivity index (χ4n) is 4.11. The van der Waals surface area contributed by atoms with E-state index in [2.05, 4.69) is 28.6 Å². The Balaban J connectivity index is 1.22. The van der Waals surface area contributed by atoms with Gasteiger partial charge in [0.1, 0.15) is 17.2 Å². The normalized spacial score (nSPS) is 19.8. The summed E-state index contributed by atoms with van der Waals surface area (Å²) in [6.07, 6.45) is 3.61. The zero-order valence-electron chi connectivity index (χ0n) is 15.5. The second kappa shape index (κ2) is 6.51. The molecule has 0 unspecified atom stereocenters. The Morgan fingerprint density at radius 3 is 3.04 bits per heavy atom. The lowest BCUT2D eigenvalue weighted by Crippen LogP contribution is -2.26. The molecule has 0 aliphatic heterocycles. The van der Waals surface area contributed by atoms with Crippen molar-refractivity contribution < 1.29 is 13.6 Å². The summed E-state index contributed by atoms with van der Waals surface area (Å²) < 4.78 is 19.1. The van der Waals surface area contributed by atoms with Gasteiger partial charge in [-0.3, -0.25) is 4.79 Å². The number of furan rings is 1. The third-order valence-electron chi connectivity index (χ3n) is 5.69. The Kier molecular flexibility index (Phi) is 3.97. The molecule has 2 aromatic heterocycles. The first-order valence-corrected chi connectivity index (χ1v) is 9.63. The molecule has 5 heteroatoms. The first-order chi connectivity index (χ1) is 13.6. The molecule has 5 rings (SSSR count). The van der Waals surface area contributed by atoms with Gasteiger partial charge in [0.05, 0.1) is 6.04 Å². The van der Waals surface area contributed by atoms with Crippen molar-refractivity contribution in [2.75, 3.05) is 0 Å². The molecular weight excluding hydrogens is 355 g/mol. The summed E-state index contributed by atoms with van der Waals surface area (Å²) in [7, 11) is 0. The Labute approximate surface area is 161 Å². The van der Waals surface area contributed by atoms with Crippen molar-refractivity contribution in [3.8, 4) is 0 Å². The standard InChI is InChI=1S/C23H21FN2O2/c1-13(22-10-15-8-16(24)6-7-21(15)28-22)26-23(27)11-14-9-18(14)19-12-25-20-5-3-2-4-17(19)20/h2-8,10,12-14,18,25H,9,11H2,1H3,(H,26,27)/t13-,14-,18-/m1/s1. The van der Waals surface area contributed by atoms with Gasteiger partial charge in [-0.15, -0.1) is 0 Å². The lowest BCUT2D eigenvalue weighted by Gasteiger charge is -2.11. The zero-order valence-corrected chi connectivity index (χ0v) is 15.5. The second-order valence-corrected chi connectivity index (χ2v) is 7.72. The molecule has 142 valence electrons. The molecular formula is C23H21FN2O2. The van der Waals surface area contributed by atoms with Crippen LogP contribution in [0.25, 0.3) is 21.9 Å². The Hall–Kier alpha value is -3.08. The van der Waals surface area contributed by atoms with E-state index in [0.29, 0.717) is 35.0 Å². The molecule has 0 radical (unpaired) electrons. The molecule has 0 bridgehead atoms. The number of benzene rings is 2. The zero-order chi connectivity index (χ0) is 19.3. The third kappa shape index (κ3) is 3.07. The smallest absolute Gasteiger partial charge is 0.220 e.